The number of halogens is 2. The average Bonchev–Trinajstić information content (AvgIpc) is 3.46. The highest BCUT2D eigenvalue weighted by Gasteiger charge is 2.29. The van der Waals surface area contributed by atoms with Gasteiger partial charge in [-0.25, -0.2) is 15.0 Å². The van der Waals surface area contributed by atoms with Crippen molar-refractivity contribution in [3.63, 3.8) is 0 Å². The van der Waals surface area contributed by atoms with Gasteiger partial charge in [0.25, 0.3) is 0 Å². The maximum atomic E-state index is 6.28. The van der Waals surface area contributed by atoms with Gasteiger partial charge in [-0.2, -0.15) is 0 Å². The molecule has 168 valence electrons. The van der Waals surface area contributed by atoms with Gasteiger partial charge >= 0.3 is 0 Å². The number of ether oxygens (including phenoxy) is 1. The Morgan fingerprint density at radius 3 is 2.67 bits per heavy atom. The van der Waals surface area contributed by atoms with Gasteiger partial charge in [0.2, 0.25) is 5.28 Å². The number of imidazole rings is 1. The first-order valence-corrected chi connectivity index (χ1v) is 11.7. The van der Waals surface area contributed by atoms with Gasteiger partial charge in [0, 0.05) is 24.2 Å². The molecule has 0 spiro atoms. The van der Waals surface area contributed by atoms with Crippen LogP contribution < -0.4 is 10.1 Å². The van der Waals surface area contributed by atoms with Crippen LogP contribution in [-0.2, 0) is 6.42 Å². The molecule has 1 N–H and O–H groups in total. The molecule has 0 radical (unpaired) electrons. The second-order valence-electron chi connectivity index (χ2n) is 7.91. The van der Waals surface area contributed by atoms with Gasteiger partial charge in [0.15, 0.2) is 0 Å². The van der Waals surface area contributed by atoms with E-state index in [0.717, 1.165) is 54.3 Å². The summed E-state index contributed by atoms with van der Waals surface area (Å²) in [6.45, 7) is 1.27. The monoisotopic (exact) mass is 479 g/mol. The summed E-state index contributed by atoms with van der Waals surface area (Å²) in [7, 11) is 0. The van der Waals surface area contributed by atoms with E-state index < -0.39 is 0 Å². The van der Waals surface area contributed by atoms with E-state index in [4.69, 9.17) is 27.9 Å². The van der Waals surface area contributed by atoms with Crippen molar-refractivity contribution in [2.75, 3.05) is 18.5 Å². The summed E-state index contributed by atoms with van der Waals surface area (Å²) >= 11 is 12.2. The van der Waals surface area contributed by atoms with Crippen LogP contribution in [0.3, 0.4) is 0 Å². The first kappa shape index (κ1) is 21.7. The van der Waals surface area contributed by atoms with Crippen LogP contribution >= 0.6 is 23.2 Å². The summed E-state index contributed by atoms with van der Waals surface area (Å²) in [5.74, 6) is 1.87. The molecular weight excluding hydrogens is 457 g/mol. The largest absolute Gasteiger partial charge is 0.491 e. The Bertz CT molecular complexity index is 1240. The summed E-state index contributed by atoms with van der Waals surface area (Å²) in [5, 5.41) is 4.17. The Morgan fingerprint density at radius 2 is 1.85 bits per heavy atom. The van der Waals surface area contributed by atoms with Gasteiger partial charge in [-0.1, -0.05) is 54.1 Å². The smallest absolute Gasteiger partial charge is 0.224 e. The summed E-state index contributed by atoms with van der Waals surface area (Å²) in [5.41, 5.74) is 4.37. The Balaban J connectivity index is 1.21. The number of nitrogens with zero attached hydrogens (tertiary/aromatic N) is 4. The van der Waals surface area contributed by atoms with E-state index in [1.807, 2.05) is 34.9 Å². The predicted molar refractivity (Wildman–Crippen MR) is 131 cm³/mol. The zero-order valence-electron chi connectivity index (χ0n) is 17.9. The minimum atomic E-state index is 0.263. The predicted octanol–water partition coefficient (Wildman–Crippen LogP) is 5.93. The number of nitrogens with one attached hydrogen (secondary N) is 1. The van der Waals surface area contributed by atoms with Gasteiger partial charge in [-0.3, -0.25) is 0 Å². The highest BCUT2D eigenvalue weighted by Crippen LogP contribution is 2.40. The van der Waals surface area contributed by atoms with Crippen LogP contribution in [0.25, 0.3) is 5.69 Å². The number of hydrogen-bond acceptors (Lipinski definition) is 5. The summed E-state index contributed by atoms with van der Waals surface area (Å²) in [6, 6.07) is 18.3. The Morgan fingerprint density at radius 1 is 1.03 bits per heavy atom. The zero-order chi connectivity index (χ0) is 22.6. The van der Waals surface area contributed by atoms with E-state index in [-0.39, 0.29) is 11.2 Å². The topological polar surface area (TPSA) is 64.9 Å². The van der Waals surface area contributed by atoms with Crippen molar-refractivity contribution >= 4 is 29.0 Å². The lowest BCUT2D eigenvalue weighted by Gasteiger charge is -2.14. The Labute approximate surface area is 202 Å². The first-order valence-electron chi connectivity index (χ1n) is 11.0. The van der Waals surface area contributed by atoms with Crippen molar-refractivity contribution < 1.29 is 4.74 Å². The van der Waals surface area contributed by atoms with E-state index in [1.54, 1.807) is 12.5 Å². The number of anilines is 1. The lowest BCUT2D eigenvalue weighted by molar-refractivity contribution is 0.314. The van der Waals surface area contributed by atoms with E-state index in [0.29, 0.717) is 11.8 Å². The quantitative estimate of drug-likeness (QED) is 0.250. The Kier molecular flexibility index (Phi) is 6.46. The van der Waals surface area contributed by atoms with Crippen molar-refractivity contribution in [3.05, 3.63) is 94.4 Å². The van der Waals surface area contributed by atoms with Crippen LogP contribution in [-0.4, -0.2) is 32.7 Å². The second-order valence-corrected chi connectivity index (χ2v) is 8.63. The normalized spacial score (nSPS) is 14.8. The molecule has 1 aliphatic carbocycles. The number of hydrogen-bond donors (Lipinski definition) is 1. The fraction of sp³-hybridized carbons (Fsp3) is 0.240. The molecule has 5 rings (SSSR count). The van der Waals surface area contributed by atoms with Crippen molar-refractivity contribution in [1.29, 1.82) is 0 Å². The van der Waals surface area contributed by atoms with Crippen LogP contribution in [0.2, 0.25) is 10.4 Å². The molecule has 0 aliphatic heterocycles. The lowest BCUT2D eigenvalue weighted by Crippen LogP contribution is -2.12. The van der Waals surface area contributed by atoms with Crippen LogP contribution in [0.4, 0.5) is 5.82 Å². The van der Waals surface area contributed by atoms with Crippen LogP contribution in [0.15, 0.2) is 67.1 Å². The molecule has 0 saturated carbocycles. The van der Waals surface area contributed by atoms with Crippen LogP contribution in [0.5, 0.6) is 5.75 Å². The molecule has 0 amide bonds. The Hall–Kier alpha value is -3.09. The fourth-order valence-corrected chi connectivity index (χ4v) is 4.60. The molecule has 1 atom stereocenters. The molecule has 2 heterocycles. The number of rotatable bonds is 8. The standard InChI is InChI=1S/C25H23Cl2N5O/c26-22-15-32(16-29-22)20-9-4-5-10-21(20)33-14-6-13-28-24-19-12-11-18(17-7-2-1-3-8-17)23(19)30-25(27)31-24/h1-5,7-10,15-16,18H,6,11-14H2,(H,28,30,31). The molecule has 6 nitrogen and oxygen atoms in total. The number of benzene rings is 2. The summed E-state index contributed by atoms with van der Waals surface area (Å²) in [6.07, 6.45) is 6.19. The maximum Gasteiger partial charge on any atom is 0.224 e. The second kappa shape index (κ2) is 9.81. The average molecular weight is 480 g/mol. The first-order chi connectivity index (χ1) is 16.2. The minimum absolute atomic E-state index is 0.263. The third-order valence-corrected chi connectivity index (χ3v) is 6.16. The van der Waals surface area contributed by atoms with E-state index in [2.05, 4.69) is 44.5 Å². The molecular formula is C25H23Cl2N5O. The van der Waals surface area contributed by atoms with Crippen LogP contribution in [0, 0.1) is 0 Å². The van der Waals surface area contributed by atoms with E-state index in [9.17, 15) is 0 Å². The van der Waals surface area contributed by atoms with Crippen molar-refractivity contribution in [1.82, 2.24) is 19.5 Å². The summed E-state index contributed by atoms with van der Waals surface area (Å²) in [4.78, 5) is 13.1. The number of para-hydroxylation sites is 2. The van der Waals surface area contributed by atoms with Crippen molar-refractivity contribution in [3.8, 4) is 11.4 Å². The van der Waals surface area contributed by atoms with E-state index >= 15 is 0 Å². The van der Waals surface area contributed by atoms with Crippen molar-refractivity contribution in [2.45, 2.75) is 25.2 Å². The summed E-state index contributed by atoms with van der Waals surface area (Å²) < 4.78 is 7.89. The van der Waals surface area contributed by atoms with Gasteiger partial charge in [-0.05, 0) is 48.6 Å². The van der Waals surface area contributed by atoms with Gasteiger partial charge < -0.3 is 14.6 Å². The lowest BCUT2D eigenvalue weighted by atomic mass is 9.97. The molecule has 1 aliphatic rings. The maximum absolute atomic E-state index is 6.28. The molecule has 8 heteroatoms. The third-order valence-electron chi connectivity index (χ3n) is 5.79. The van der Waals surface area contributed by atoms with Crippen LogP contribution in [0.1, 0.15) is 35.6 Å². The third kappa shape index (κ3) is 4.82. The molecule has 0 bridgehead atoms. The minimum Gasteiger partial charge on any atom is -0.491 e. The molecule has 2 aromatic carbocycles. The fourth-order valence-electron chi connectivity index (χ4n) is 4.27. The SMILES string of the molecule is Clc1cn(-c2ccccc2OCCCNc2nc(Cl)nc3c2CCC3c2ccccc2)cn1. The van der Waals surface area contributed by atoms with Gasteiger partial charge in [0.1, 0.15) is 23.0 Å². The molecule has 1 unspecified atom stereocenters. The zero-order valence-corrected chi connectivity index (χ0v) is 19.4. The molecule has 2 aromatic heterocycles. The number of fused-ring (bicyclic) bond motifs is 1. The highest BCUT2D eigenvalue weighted by atomic mass is 35.5. The van der Waals surface area contributed by atoms with E-state index in [1.165, 1.54) is 5.56 Å². The molecule has 4 aromatic rings. The van der Waals surface area contributed by atoms with Gasteiger partial charge in [-0.15, -0.1) is 0 Å². The molecule has 0 fully saturated rings. The molecule has 33 heavy (non-hydrogen) atoms. The highest BCUT2D eigenvalue weighted by molar-refractivity contribution is 6.29. The van der Waals surface area contributed by atoms with Gasteiger partial charge in [0.05, 0.1) is 18.0 Å². The number of aromatic nitrogens is 4. The molecule has 0 saturated heterocycles. The van der Waals surface area contributed by atoms with Crippen molar-refractivity contribution in [2.24, 2.45) is 0 Å².